The third-order valence-electron chi connectivity index (χ3n) is 13.2. The molecule has 8 aromatic carbocycles. The van der Waals surface area contributed by atoms with Crippen molar-refractivity contribution in [3.05, 3.63) is 163 Å². The maximum absolute atomic E-state index is 6.55. The number of rotatable bonds is 3. The van der Waals surface area contributed by atoms with E-state index in [9.17, 15) is 0 Å². The highest BCUT2D eigenvalue weighted by Crippen LogP contribution is 2.50. The monoisotopic (exact) mass is 747 g/mol. The minimum absolute atomic E-state index is 0.0569. The van der Waals surface area contributed by atoms with Crippen molar-refractivity contribution in [2.24, 2.45) is 0 Å². The minimum Gasteiger partial charge on any atom is -0.438 e. The minimum atomic E-state index is 0.0569. The Morgan fingerprint density at radius 1 is 0.500 bits per heavy atom. The molecule has 278 valence electrons. The van der Waals surface area contributed by atoms with Gasteiger partial charge in [-0.2, -0.15) is 4.98 Å². The van der Waals surface area contributed by atoms with E-state index in [2.05, 4.69) is 172 Å². The van der Waals surface area contributed by atoms with Gasteiger partial charge in [-0.25, -0.2) is 4.98 Å². The second-order valence-corrected chi connectivity index (χ2v) is 17.7. The zero-order valence-electron chi connectivity index (χ0n) is 33.1. The van der Waals surface area contributed by atoms with Gasteiger partial charge < -0.3 is 8.98 Å². The van der Waals surface area contributed by atoms with Gasteiger partial charge in [-0.15, -0.1) is 0 Å². The Labute approximate surface area is 336 Å². The van der Waals surface area contributed by atoms with Crippen LogP contribution in [0.25, 0.3) is 105 Å². The van der Waals surface area contributed by atoms with Crippen molar-refractivity contribution in [2.75, 3.05) is 0 Å². The lowest BCUT2D eigenvalue weighted by Crippen LogP contribution is -2.33. The Morgan fingerprint density at radius 3 is 1.95 bits per heavy atom. The standard InChI is InChI=1S/C54H41N3O/c1-53(2)25-26-54(3,4)44-31-46-42(30-43(44)53)40-24-23-33-14-7-10-18-39(33)50(40)57(46)45-29-37(28-35-16-8-9-17-38(35)45)51-55-49(36-22-21-32-13-5-6-15-34(32)27-36)48-41-19-11-12-20-47(41)58-52(48)56-51/h5-24,27-31H,25-26H2,1-4H3. The van der Waals surface area contributed by atoms with Crippen molar-refractivity contribution >= 4 is 76.2 Å². The van der Waals surface area contributed by atoms with E-state index in [0.29, 0.717) is 11.5 Å². The highest BCUT2D eigenvalue weighted by Gasteiger charge is 2.38. The fraction of sp³-hybridized carbons (Fsp3) is 0.148. The van der Waals surface area contributed by atoms with Crippen molar-refractivity contribution in [3.63, 3.8) is 0 Å². The summed E-state index contributed by atoms with van der Waals surface area (Å²) in [6, 6.07) is 55.1. The quantitative estimate of drug-likeness (QED) is 0.181. The molecular formula is C54H41N3O. The van der Waals surface area contributed by atoms with Crippen LogP contribution in [0.4, 0.5) is 0 Å². The maximum atomic E-state index is 6.55. The number of hydrogen-bond donors (Lipinski definition) is 0. The summed E-state index contributed by atoms with van der Waals surface area (Å²) in [6.07, 6.45) is 2.32. The topological polar surface area (TPSA) is 43.9 Å². The van der Waals surface area contributed by atoms with E-state index in [4.69, 9.17) is 14.4 Å². The molecule has 0 bridgehead atoms. The molecule has 12 rings (SSSR count). The van der Waals surface area contributed by atoms with E-state index < -0.39 is 0 Å². The van der Waals surface area contributed by atoms with E-state index in [0.717, 1.165) is 50.7 Å². The molecule has 0 fully saturated rings. The van der Waals surface area contributed by atoms with Crippen LogP contribution < -0.4 is 0 Å². The second-order valence-electron chi connectivity index (χ2n) is 17.7. The molecule has 0 spiro atoms. The van der Waals surface area contributed by atoms with Gasteiger partial charge in [0.25, 0.3) is 0 Å². The van der Waals surface area contributed by atoms with Gasteiger partial charge in [-0.1, -0.05) is 143 Å². The molecule has 0 atom stereocenters. The Bertz CT molecular complexity index is 3530. The first-order chi connectivity index (χ1) is 28.2. The summed E-state index contributed by atoms with van der Waals surface area (Å²) < 4.78 is 9.09. The highest BCUT2D eigenvalue weighted by molar-refractivity contribution is 6.20. The van der Waals surface area contributed by atoms with Gasteiger partial charge in [0.2, 0.25) is 5.71 Å². The summed E-state index contributed by atoms with van der Waals surface area (Å²) in [5, 5.41) is 11.6. The highest BCUT2D eigenvalue weighted by atomic mass is 16.3. The smallest absolute Gasteiger partial charge is 0.231 e. The molecule has 3 aromatic heterocycles. The van der Waals surface area contributed by atoms with Gasteiger partial charge in [-0.3, -0.25) is 0 Å². The number of para-hydroxylation sites is 1. The van der Waals surface area contributed by atoms with Crippen LogP contribution in [0.2, 0.25) is 0 Å². The maximum Gasteiger partial charge on any atom is 0.231 e. The van der Waals surface area contributed by atoms with Gasteiger partial charge in [0.05, 0.1) is 27.8 Å². The summed E-state index contributed by atoms with van der Waals surface area (Å²) in [5.74, 6) is 0.632. The van der Waals surface area contributed by atoms with Crippen LogP contribution in [-0.4, -0.2) is 14.5 Å². The largest absolute Gasteiger partial charge is 0.438 e. The van der Waals surface area contributed by atoms with Gasteiger partial charge in [0.15, 0.2) is 5.82 Å². The Kier molecular flexibility index (Phi) is 6.83. The molecule has 1 aliphatic carbocycles. The lowest BCUT2D eigenvalue weighted by atomic mass is 9.63. The molecule has 58 heavy (non-hydrogen) atoms. The molecule has 0 amide bonds. The Morgan fingerprint density at radius 2 is 1.14 bits per heavy atom. The first-order valence-corrected chi connectivity index (χ1v) is 20.4. The molecule has 0 saturated carbocycles. The van der Waals surface area contributed by atoms with Crippen LogP contribution >= 0.6 is 0 Å². The molecule has 4 heteroatoms. The third kappa shape index (κ3) is 4.81. The number of fused-ring (bicyclic) bond motifs is 11. The average molecular weight is 748 g/mol. The van der Waals surface area contributed by atoms with E-state index in [1.165, 1.54) is 66.3 Å². The second kappa shape index (κ2) is 11.9. The van der Waals surface area contributed by atoms with Gasteiger partial charge in [0, 0.05) is 38.1 Å². The van der Waals surface area contributed by atoms with Crippen molar-refractivity contribution < 1.29 is 4.42 Å². The number of nitrogens with zero attached hydrogens (tertiary/aromatic N) is 3. The fourth-order valence-corrected chi connectivity index (χ4v) is 9.99. The van der Waals surface area contributed by atoms with Gasteiger partial charge in [0.1, 0.15) is 5.58 Å². The molecule has 11 aromatic rings. The van der Waals surface area contributed by atoms with Crippen LogP contribution in [-0.2, 0) is 10.8 Å². The van der Waals surface area contributed by atoms with Crippen LogP contribution in [0, 0.1) is 0 Å². The van der Waals surface area contributed by atoms with Gasteiger partial charge in [-0.05, 0) is 92.7 Å². The summed E-state index contributed by atoms with van der Waals surface area (Å²) in [5.41, 5.74) is 10.8. The first kappa shape index (κ1) is 33.4. The van der Waals surface area contributed by atoms with Crippen LogP contribution in [0.3, 0.4) is 0 Å². The molecule has 0 saturated heterocycles. The summed E-state index contributed by atoms with van der Waals surface area (Å²) in [4.78, 5) is 10.7. The Balaban J connectivity index is 1.19. The van der Waals surface area contributed by atoms with E-state index >= 15 is 0 Å². The normalized spacial score (nSPS) is 15.0. The summed E-state index contributed by atoms with van der Waals surface area (Å²) in [6.45, 7) is 9.68. The molecule has 3 heterocycles. The number of aromatic nitrogens is 3. The molecule has 0 radical (unpaired) electrons. The molecule has 0 unspecified atom stereocenters. The molecule has 1 aliphatic rings. The van der Waals surface area contributed by atoms with E-state index in [1.807, 2.05) is 12.1 Å². The number of hydrogen-bond acceptors (Lipinski definition) is 3. The molecule has 0 N–H and O–H groups in total. The van der Waals surface area contributed by atoms with Gasteiger partial charge >= 0.3 is 0 Å². The van der Waals surface area contributed by atoms with Crippen molar-refractivity contribution in [1.29, 1.82) is 0 Å². The average Bonchev–Trinajstić information content (AvgIpc) is 3.79. The molecular weight excluding hydrogens is 707 g/mol. The number of benzene rings is 8. The van der Waals surface area contributed by atoms with E-state index in [1.54, 1.807) is 0 Å². The third-order valence-corrected chi connectivity index (χ3v) is 13.2. The lowest BCUT2D eigenvalue weighted by Gasteiger charge is -2.42. The molecule has 4 nitrogen and oxygen atoms in total. The summed E-state index contributed by atoms with van der Waals surface area (Å²) in [7, 11) is 0. The van der Waals surface area contributed by atoms with Crippen LogP contribution in [0.5, 0.6) is 0 Å². The SMILES string of the molecule is CC1(C)CCC(C)(C)c2cc3c(cc21)c1ccc2ccccc2c1n3-c1cc(-c2nc(-c3ccc4ccccc4c3)c3c(n2)oc2ccccc23)cc2ccccc12. The molecule has 0 aliphatic heterocycles. The summed E-state index contributed by atoms with van der Waals surface area (Å²) >= 11 is 0. The van der Waals surface area contributed by atoms with Crippen molar-refractivity contribution in [3.8, 4) is 28.3 Å². The van der Waals surface area contributed by atoms with E-state index in [-0.39, 0.29) is 10.8 Å². The number of furan rings is 1. The predicted molar refractivity (Wildman–Crippen MR) is 242 cm³/mol. The fourth-order valence-electron chi connectivity index (χ4n) is 9.99. The zero-order valence-corrected chi connectivity index (χ0v) is 33.1. The Hall–Kier alpha value is -6.78. The van der Waals surface area contributed by atoms with Crippen molar-refractivity contribution in [2.45, 2.75) is 51.4 Å². The van der Waals surface area contributed by atoms with Crippen molar-refractivity contribution in [1.82, 2.24) is 14.5 Å². The van der Waals surface area contributed by atoms with Crippen LogP contribution in [0.1, 0.15) is 51.7 Å². The zero-order chi connectivity index (χ0) is 38.9. The first-order valence-electron chi connectivity index (χ1n) is 20.4. The predicted octanol–water partition coefficient (Wildman–Crippen LogP) is 14.6. The lowest BCUT2D eigenvalue weighted by molar-refractivity contribution is 0.332. The van der Waals surface area contributed by atoms with Crippen LogP contribution in [0.15, 0.2) is 156 Å².